The molecule has 7 nitrogen and oxygen atoms in total. The number of hydrogen-bond donors (Lipinski definition) is 2. The first-order valence-corrected chi connectivity index (χ1v) is 9.05. The van der Waals surface area contributed by atoms with Gasteiger partial charge in [0.2, 0.25) is 0 Å². The zero-order valence-electron chi connectivity index (χ0n) is 12.6. The van der Waals surface area contributed by atoms with Crippen molar-refractivity contribution < 1.29 is 23.1 Å². The molecule has 0 aromatic carbocycles. The van der Waals surface area contributed by atoms with Crippen LogP contribution in [0.25, 0.3) is 0 Å². The molecule has 1 saturated heterocycles. The van der Waals surface area contributed by atoms with Crippen LogP contribution in [0.2, 0.25) is 0 Å². The van der Waals surface area contributed by atoms with E-state index in [-0.39, 0.29) is 30.6 Å². The van der Waals surface area contributed by atoms with Crippen LogP contribution in [0.3, 0.4) is 0 Å². The van der Waals surface area contributed by atoms with E-state index in [4.69, 9.17) is 0 Å². The highest BCUT2D eigenvalue weighted by atomic mass is 32.2. The van der Waals surface area contributed by atoms with Crippen molar-refractivity contribution in [1.82, 2.24) is 10.2 Å². The van der Waals surface area contributed by atoms with Crippen molar-refractivity contribution >= 4 is 21.8 Å². The van der Waals surface area contributed by atoms with Crippen LogP contribution in [0.4, 0.5) is 4.79 Å². The highest BCUT2D eigenvalue weighted by molar-refractivity contribution is 7.91. The quantitative estimate of drug-likeness (QED) is 0.719. The van der Waals surface area contributed by atoms with Gasteiger partial charge in [-0.25, -0.2) is 13.2 Å². The maximum Gasteiger partial charge on any atom is 0.317 e. The Bertz CT molecular complexity index is 491. The Morgan fingerprint density at radius 2 is 2.00 bits per heavy atom. The number of likely N-dealkylation sites (tertiary alicyclic amines) is 1. The van der Waals surface area contributed by atoms with Crippen molar-refractivity contribution in [2.24, 2.45) is 5.41 Å². The van der Waals surface area contributed by atoms with Crippen LogP contribution in [0, 0.1) is 5.41 Å². The maximum atomic E-state index is 12.0. The minimum Gasteiger partial charge on any atom is -0.481 e. The van der Waals surface area contributed by atoms with Crippen molar-refractivity contribution in [2.45, 2.75) is 33.1 Å². The third kappa shape index (κ3) is 4.59. The number of hydrogen-bond acceptors (Lipinski definition) is 4. The van der Waals surface area contributed by atoms with E-state index < -0.39 is 21.2 Å². The minimum absolute atomic E-state index is 0.0468. The number of carboxylic acids is 1. The zero-order chi connectivity index (χ0) is 16.1. The number of amides is 2. The summed E-state index contributed by atoms with van der Waals surface area (Å²) in [6.45, 7) is 4.10. The second-order valence-corrected chi connectivity index (χ2v) is 7.95. The van der Waals surface area contributed by atoms with Crippen LogP contribution in [-0.2, 0) is 14.6 Å². The van der Waals surface area contributed by atoms with Crippen LogP contribution in [0.5, 0.6) is 0 Å². The highest BCUT2D eigenvalue weighted by Crippen LogP contribution is 2.35. The number of rotatable bonds is 7. The number of urea groups is 1. The van der Waals surface area contributed by atoms with Gasteiger partial charge in [0.05, 0.1) is 11.2 Å². The highest BCUT2D eigenvalue weighted by Gasteiger charge is 2.45. The van der Waals surface area contributed by atoms with Gasteiger partial charge in [-0.1, -0.05) is 20.3 Å². The van der Waals surface area contributed by atoms with Gasteiger partial charge in [-0.15, -0.1) is 0 Å². The molecular formula is C13H24N2O5S. The summed E-state index contributed by atoms with van der Waals surface area (Å²) in [7, 11) is -3.11. The lowest BCUT2D eigenvalue weighted by Crippen LogP contribution is -2.43. The average Bonchev–Trinajstić information content (AvgIpc) is 2.84. The molecule has 0 aliphatic carbocycles. The normalized spacial score (nSPS) is 22.3. The van der Waals surface area contributed by atoms with Gasteiger partial charge in [0.15, 0.2) is 9.84 Å². The lowest BCUT2D eigenvalue weighted by molar-refractivity contribution is -0.148. The second-order valence-electron chi connectivity index (χ2n) is 5.48. The van der Waals surface area contributed by atoms with Crippen molar-refractivity contribution in [1.29, 1.82) is 0 Å². The van der Waals surface area contributed by atoms with Gasteiger partial charge in [-0.2, -0.15) is 0 Å². The van der Waals surface area contributed by atoms with Gasteiger partial charge < -0.3 is 15.3 Å². The number of carboxylic acid groups (broad SMARTS) is 1. The summed E-state index contributed by atoms with van der Waals surface area (Å²) in [6, 6.07) is -0.388. The summed E-state index contributed by atoms with van der Waals surface area (Å²) in [5.74, 6) is -0.916. The molecule has 1 fully saturated rings. The lowest BCUT2D eigenvalue weighted by atomic mass is 9.83. The molecule has 21 heavy (non-hydrogen) atoms. The fraction of sp³-hybridized carbons (Fsp3) is 0.846. The Labute approximate surface area is 125 Å². The van der Waals surface area contributed by atoms with Crippen LogP contribution < -0.4 is 5.32 Å². The molecule has 0 aromatic rings. The molecule has 1 atom stereocenters. The molecule has 1 aliphatic rings. The molecule has 8 heteroatoms. The molecule has 122 valence electrons. The van der Waals surface area contributed by atoms with E-state index in [9.17, 15) is 23.1 Å². The summed E-state index contributed by atoms with van der Waals surface area (Å²) < 4.78 is 22.7. The van der Waals surface area contributed by atoms with Crippen LogP contribution >= 0.6 is 0 Å². The van der Waals surface area contributed by atoms with Gasteiger partial charge in [0, 0.05) is 25.4 Å². The van der Waals surface area contributed by atoms with E-state index >= 15 is 0 Å². The summed E-state index contributed by atoms with van der Waals surface area (Å²) >= 11 is 0. The Balaban J connectivity index is 2.52. The van der Waals surface area contributed by atoms with E-state index in [1.54, 1.807) is 6.92 Å². The Morgan fingerprint density at radius 3 is 2.52 bits per heavy atom. The minimum atomic E-state index is -3.11. The summed E-state index contributed by atoms with van der Waals surface area (Å²) in [6.07, 6.45) is 1.73. The van der Waals surface area contributed by atoms with Crippen molar-refractivity contribution in [3.63, 3.8) is 0 Å². The van der Waals surface area contributed by atoms with E-state index in [1.807, 2.05) is 6.92 Å². The third-order valence-corrected chi connectivity index (χ3v) is 5.66. The molecular weight excluding hydrogens is 296 g/mol. The molecule has 0 radical (unpaired) electrons. The van der Waals surface area contributed by atoms with Crippen LogP contribution in [-0.4, -0.2) is 61.6 Å². The molecule has 1 unspecified atom stereocenters. The molecule has 0 aromatic heterocycles. The summed E-state index contributed by atoms with van der Waals surface area (Å²) in [5.41, 5.74) is -0.860. The topological polar surface area (TPSA) is 104 Å². The number of nitrogens with one attached hydrogen (secondary N) is 1. The van der Waals surface area contributed by atoms with Crippen molar-refractivity contribution in [3.8, 4) is 0 Å². The van der Waals surface area contributed by atoms with Gasteiger partial charge in [0.25, 0.3) is 0 Å². The zero-order valence-corrected chi connectivity index (χ0v) is 13.4. The summed E-state index contributed by atoms with van der Waals surface area (Å²) in [5, 5.41) is 11.9. The molecule has 0 saturated carbocycles. The second kappa shape index (κ2) is 7.11. The first-order chi connectivity index (χ1) is 9.76. The summed E-state index contributed by atoms with van der Waals surface area (Å²) in [4.78, 5) is 24.9. The largest absolute Gasteiger partial charge is 0.481 e. The Morgan fingerprint density at radius 1 is 1.33 bits per heavy atom. The smallest absolute Gasteiger partial charge is 0.317 e. The number of nitrogens with zero attached hydrogens (tertiary/aromatic N) is 1. The molecule has 0 spiro atoms. The van der Waals surface area contributed by atoms with Gasteiger partial charge >= 0.3 is 12.0 Å². The molecule has 1 rings (SSSR count). The number of aliphatic carboxylic acids is 1. The predicted molar refractivity (Wildman–Crippen MR) is 78.9 cm³/mol. The first-order valence-electron chi connectivity index (χ1n) is 7.23. The number of carbonyl (C=O) groups excluding carboxylic acids is 1. The van der Waals surface area contributed by atoms with E-state index in [2.05, 4.69) is 5.32 Å². The fourth-order valence-electron chi connectivity index (χ4n) is 2.58. The van der Waals surface area contributed by atoms with Crippen LogP contribution in [0.15, 0.2) is 0 Å². The predicted octanol–water partition coefficient (Wildman–Crippen LogP) is 0.708. The Kier molecular flexibility index (Phi) is 6.00. The fourth-order valence-corrected chi connectivity index (χ4v) is 3.28. The number of sulfone groups is 1. The average molecular weight is 320 g/mol. The third-order valence-electron chi connectivity index (χ3n) is 3.95. The van der Waals surface area contributed by atoms with E-state index in [0.717, 1.165) is 6.42 Å². The van der Waals surface area contributed by atoms with Gasteiger partial charge in [-0.3, -0.25) is 4.79 Å². The van der Waals surface area contributed by atoms with Gasteiger partial charge in [0.1, 0.15) is 0 Å². The van der Waals surface area contributed by atoms with E-state index in [0.29, 0.717) is 19.4 Å². The van der Waals surface area contributed by atoms with E-state index in [1.165, 1.54) is 4.90 Å². The maximum absolute atomic E-state index is 12.0. The monoisotopic (exact) mass is 320 g/mol. The number of carbonyl (C=O) groups is 2. The van der Waals surface area contributed by atoms with Crippen molar-refractivity contribution in [2.75, 3.05) is 31.1 Å². The molecule has 2 amide bonds. The van der Waals surface area contributed by atoms with Crippen LogP contribution in [0.1, 0.15) is 33.1 Å². The molecule has 2 N–H and O–H groups in total. The lowest BCUT2D eigenvalue weighted by Gasteiger charge is -2.24. The Hall–Kier alpha value is -1.31. The van der Waals surface area contributed by atoms with Crippen molar-refractivity contribution in [3.05, 3.63) is 0 Å². The standard InChI is InChI=1S/C13H24N2O5S/c1-3-5-13(11(16)17)6-8-15(10-13)12(18)14-7-9-21(19,20)4-2/h3-10H2,1-2H3,(H,14,18)(H,16,17). The SMILES string of the molecule is CCCC1(C(=O)O)CCN(C(=O)NCCS(=O)(=O)CC)C1. The first kappa shape index (κ1) is 17.7. The van der Waals surface area contributed by atoms with Gasteiger partial charge in [-0.05, 0) is 12.8 Å². The molecule has 1 aliphatic heterocycles. The molecule has 0 bridgehead atoms. The molecule has 1 heterocycles.